The van der Waals surface area contributed by atoms with Crippen LogP contribution in [0, 0.1) is 0 Å². The third-order valence-corrected chi connectivity index (χ3v) is 6.24. The van der Waals surface area contributed by atoms with Crippen LogP contribution in [0.15, 0.2) is 59.7 Å². The van der Waals surface area contributed by atoms with Gasteiger partial charge in [-0.1, -0.05) is 36.6 Å². The predicted octanol–water partition coefficient (Wildman–Crippen LogP) is 5.05. The quantitative estimate of drug-likeness (QED) is 0.404. The Balaban J connectivity index is 1.76. The van der Waals surface area contributed by atoms with Gasteiger partial charge in [0.15, 0.2) is 11.3 Å². The first kappa shape index (κ1) is 17.6. The Hall–Kier alpha value is -3.25. The van der Waals surface area contributed by atoms with Crippen molar-refractivity contribution in [2.45, 2.75) is 31.7 Å². The first-order chi connectivity index (χ1) is 14.7. The van der Waals surface area contributed by atoms with Gasteiger partial charge < -0.3 is 0 Å². The molecule has 0 radical (unpaired) electrons. The number of nitrogens with zero attached hydrogens (tertiary/aromatic N) is 5. The zero-order valence-electron chi connectivity index (χ0n) is 16.1. The summed E-state index contributed by atoms with van der Waals surface area (Å²) in [5.74, 6) is 0. The molecule has 6 rings (SSSR count). The molecule has 2 aromatic carbocycles. The molecule has 0 amide bonds. The van der Waals surface area contributed by atoms with E-state index in [9.17, 15) is 4.79 Å². The summed E-state index contributed by atoms with van der Waals surface area (Å²) in [6.45, 7) is 0. The standard InChI is InChI=1S/C23H18ClN5O/c24-14-9-11-16(12-10-14)29-21-19(23(30)28(13-25-21)15-5-1-2-6-15)20-22(29)27-18-8-4-3-7-17(18)26-20/h3-4,7-13,15H,1-2,5-6H2. The lowest BCUT2D eigenvalue weighted by Crippen LogP contribution is -2.23. The van der Waals surface area contributed by atoms with Crippen LogP contribution in [-0.4, -0.2) is 24.1 Å². The molecule has 0 N–H and O–H groups in total. The van der Waals surface area contributed by atoms with Crippen LogP contribution in [-0.2, 0) is 0 Å². The van der Waals surface area contributed by atoms with Crippen molar-refractivity contribution in [3.8, 4) is 5.69 Å². The number of fused-ring (bicyclic) bond motifs is 4. The van der Waals surface area contributed by atoms with Crippen LogP contribution in [0.25, 0.3) is 38.9 Å². The summed E-state index contributed by atoms with van der Waals surface area (Å²) in [6, 6.07) is 15.4. The number of benzene rings is 2. The summed E-state index contributed by atoms with van der Waals surface area (Å²) in [7, 11) is 0. The highest BCUT2D eigenvalue weighted by atomic mass is 35.5. The number of aromatic nitrogens is 5. The molecule has 1 aliphatic rings. The molecular weight excluding hydrogens is 398 g/mol. The molecule has 5 aromatic rings. The van der Waals surface area contributed by atoms with Crippen molar-refractivity contribution in [3.05, 3.63) is 70.2 Å². The summed E-state index contributed by atoms with van der Waals surface area (Å²) in [5, 5.41) is 1.17. The Morgan fingerprint density at radius 3 is 2.33 bits per heavy atom. The largest absolute Gasteiger partial charge is 0.295 e. The molecule has 0 bridgehead atoms. The van der Waals surface area contributed by atoms with E-state index in [1.54, 1.807) is 10.9 Å². The molecule has 30 heavy (non-hydrogen) atoms. The minimum Gasteiger partial charge on any atom is -0.295 e. The number of halogens is 1. The fourth-order valence-electron chi connectivity index (χ4n) is 4.53. The topological polar surface area (TPSA) is 65.6 Å². The second-order valence-electron chi connectivity index (χ2n) is 7.79. The number of hydrogen-bond acceptors (Lipinski definition) is 4. The molecule has 148 valence electrons. The van der Waals surface area contributed by atoms with E-state index in [0.717, 1.165) is 42.4 Å². The first-order valence-electron chi connectivity index (χ1n) is 10.1. The van der Waals surface area contributed by atoms with Gasteiger partial charge in [-0.05, 0) is 49.2 Å². The highest BCUT2D eigenvalue weighted by Gasteiger charge is 2.24. The molecule has 6 nitrogen and oxygen atoms in total. The number of hydrogen-bond donors (Lipinski definition) is 0. The van der Waals surface area contributed by atoms with Crippen molar-refractivity contribution in [2.75, 3.05) is 0 Å². The summed E-state index contributed by atoms with van der Waals surface area (Å²) in [4.78, 5) is 28.0. The lowest BCUT2D eigenvalue weighted by atomic mass is 10.2. The highest BCUT2D eigenvalue weighted by molar-refractivity contribution is 6.30. The van der Waals surface area contributed by atoms with Gasteiger partial charge in [-0.2, -0.15) is 0 Å². The van der Waals surface area contributed by atoms with E-state index in [4.69, 9.17) is 26.6 Å². The Morgan fingerprint density at radius 1 is 0.900 bits per heavy atom. The lowest BCUT2D eigenvalue weighted by Gasteiger charge is -2.13. The molecule has 7 heteroatoms. The Kier molecular flexibility index (Phi) is 3.89. The molecule has 0 saturated heterocycles. The molecule has 0 spiro atoms. The second kappa shape index (κ2) is 6.64. The first-order valence-corrected chi connectivity index (χ1v) is 10.5. The van der Waals surface area contributed by atoms with E-state index < -0.39 is 0 Å². The van der Waals surface area contributed by atoms with Crippen LogP contribution in [0.5, 0.6) is 0 Å². The minimum absolute atomic E-state index is 0.0470. The van der Waals surface area contributed by atoms with E-state index in [0.29, 0.717) is 27.2 Å². The van der Waals surface area contributed by atoms with Crippen LogP contribution in [0.3, 0.4) is 0 Å². The van der Waals surface area contributed by atoms with Gasteiger partial charge in [0.1, 0.15) is 17.2 Å². The number of para-hydroxylation sites is 2. The van der Waals surface area contributed by atoms with Gasteiger partial charge in [0.2, 0.25) is 0 Å². The van der Waals surface area contributed by atoms with Crippen molar-refractivity contribution in [1.29, 1.82) is 0 Å². The van der Waals surface area contributed by atoms with E-state index in [-0.39, 0.29) is 11.6 Å². The molecule has 3 heterocycles. The SMILES string of the molecule is O=c1c2c3nc4ccccc4nc3n(-c3ccc(Cl)cc3)c2ncn1C1CCCC1. The third-order valence-electron chi connectivity index (χ3n) is 5.99. The van der Waals surface area contributed by atoms with Crippen LogP contribution in [0.2, 0.25) is 5.02 Å². The average molecular weight is 416 g/mol. The molecule has 3 aromatic heterocycles. The second-order valence-corrected chi connectivity index (χ2v) is 8.23. The molecular formula is C23H18ClN5O. The number of rotatable bonds is 2. The van der Waals surface area contributed by atoms with Crippen LogP contribution < -0.4 is 5.56 Å². The highest BCUT2D eigenvalue weighted by Crippen LogP contribution is 2.31. The maximum absolute atomic E-state index is 13.6. The van der Waals surface area contributed by atoms with Gasteiger partial charge >= 0.3 is 0 Å². The summed E-state index contributed by atoms with van der Waals surface area (Å²) >= 11 is 6.10. The van der Waals surface area contributed by atoms with Crippen LogP contribution in [0.1, 0.15) is 31.7 Å². The zero-order valence-corrected chi connectivity index (χ0v) is 16.9. The van der Waals surface area contributed by atoms with E-state index >= 15 is 0 Å². The normalized spacial score (nSPS) is 15.0. The van der Waals surface area contributed by atoms with Gasteiger partial charge in [0, 0.05) is 16.8 Å². The Bertz CT molecular complexity index is 1480. The summed E-state index contributed by atoms with van der Waals surface area (Å²) in [5.41, 5.74) is 4.11. The van der Waals surface area contributed by atoms with E-state index in [1.807, 2.05) is 53.1 Å². The Labute approximate surface area is 176 Å². The van der Waals surface area contributed by atoms with Crippen molar-refractivity contribution < 1.29 is 0 Å². The molecule has 1 aliphatic carbocycles. The molecule has 0 unspecified atom stereocenters. The van der Waals surface area contributed by atoms with Crippen molar-refractivity contribution in [3.63, 3.8) is 0 Å². The fourth-order valence-corrected chi connectivity index (χ4v) is 4.65. The predicted molar refractivity (Wildman–Crippen MR) is 118 cm³/mol. The van der Waals surface area contributed by atoms with Crippen LogP contribution in [0.4, 0.5) is 0 Å². The smallest absolute Gasteiger partial charge is 0.265 e. The molecule has 0 atom stereocenters. The summed E-state index contributed by atoms with van der Waals surface area (Å²) in [6.07, 6.45) is 6.00. The maximum Gasteiger partial charge on any atom is 0.265 e. The van der Waals surface area contributed by atoms with Gasteiger partial charge in [0.25, 0.3) is 5.56 Å². The Morgan fingerprint density at radius 2 is 1.60 bits per heavy atom. The summed E-state index contributed by atoms with van der Waals surface area (Å²) < 4.78 is 3.69. The van der Waals surface area contributed by atoms with Crippen molar-refractivity contribution in [2.24, 2.45) is 0 Å². The minimum atomic E-state index is -0.0470. The van der Waals surface area contributed by atoms with Gasteiger partial charge in [0.05, 0.1) is 11.0 Å². The fraction of sp³-hybridized carbons (Fsp3) is 0.217. The third kappa shape index (κ3) is 2.57. The zero-order chi connectivity index (χ0) is 20.2. The monoisotopic (exact) mass is 415 g/mol. The van der Waals surface area contributed by atoms with Crippen LogP contribution >= 0.6 is 11.6 Å². The average Bonchev–Trinajstić information content (AvgIpc) is 3.40. The molecule has 1 fully saturated rings. The van der Waals surface area contributed by atoms with Gasteiger partial charge in [-0.25, -0.2) is 15.0 Å². The van der Waals surface area contributed by atoms with Gasteiger partial charge in [-0.3, -0.25) is 13.9 Å². The van der Waals surface area contributed by atoms with E-state index in [2.05, 4.69) is 0 Å². The van der Waals surface area contributed by atoms with Crippen molar-refractivity contribution >= 4 is 44.8 Å². The lowest BCUT2D eigenvalue weighted by molar-refractivity contribution is 0.499. The van der Waals surface area contributed by atoms with Crippen molar-refractivity contribution in [1.82, 2.24) is 24.1 Å². The van der Waals surface area contributed by atoms with E-state index in [1.165, 1.54) is 0 Å². The molecule has 0 aliphatic heterocycles. The maximum atomic E-state index is 13.6. The van der Waals surface area contributed by atoms with Gasteiger partial charge in [-0.15, -0.1) is 0 Å². The molecule has 1 saturated carbocycles.